The van der Waals surface area contributed by atoms with E-state index in [-0.39, 0.29) is 5.92 Å². The zero-order chi connectivity index (χ0) is 14.9. The third-order valence-electron chi connectivity index (χ3n) is 4.84. The van der Waals surface area contributed by atoms with Crippen molar-refractivity contribution in [3.05, 3.63) is 29.3 Å². The molecule has 2 nitrogen and oxygen atoms in total. The summed E-state index contributed by atoms with van der Waals surface area (Å²) < 4.78 is 0. The third kappa shape index (κ3) is 3.23. The fourth-order valence-corrected chi connectivity index (χ4v) is 3.40. The molecule has 2 heteroatoms. The highest BCUT2D eigenvalue weighted by Gasteiger charge is 2.32. The van der Waals surface area contributed by atoms with Crippen molar-refractivity contribution in [2.45, 2.75) is 53.4 Å². The molecule has 0 amide bonds. The minimum atomic E-state index is 0.205. The second-order valence-corrected chi connectivity index (χ2v) is 7.35. The van der Waals surface area contributed by atoms with Gasteiger partial charge in [0.1, 0.15) is 0 Å². The van der Waals surface area contributed by atoms with Gasteiger partial charge in [-0.3, -0.25) is 4.79 Å². The van der Waals surface area contributed by atoms with Gasteiger partial charge in [-0.25, -0.2) is 0 Å². The van der Waals surface area contributed by atoms with Gasteiger partial charge in [0.15, 0.2) is 5.78 Å². The zero-order valence-corrected chi connectivity index (χ0v) is 13.2. The number of aryl methyl sites for hydroxylation is 1. The van der Waals surface area contributed by atoms with E-state index in [1.54, 1.807) is 0 Å². The number of hydrogen-bond donors (Lipinski definition) is 1. The van der Waals surface area contributed by atoms with Crippen LogP contribution in [0.15, 0.2) is 18.2 Å². The van der Waals surface area contributed by atoms with Crippen LogP contribution in [-0.4, -0.2) is 5.78 Å². The average molecular weight is 273 g/mol. The van der Waals surface area contributed by atoms with Crippen LogP contribution in [-0.2, 0) is 0 Å². The number of Topliss-reactive ketones (excluding diaryl/α,β-unsaturated/α-hetero) is 1. The summed E-state index contributed by atoms with van der Waals surface area (Å²) in [6, 6.07) is 5.62. The van der Waals surface area contributed by atoms with E-state index in [4.69, 9.17) is 5.73 Å². The van der Waals surface area contributed by atoms with Crippen molar-refractivity contribution in [1.29, 1.82) is 0 Å². The van der Waals surface area contributed by atoms with Gasteiger partial charge in [-0.2, -0.15) is 0 Å². The molecule has 0 aromatic heterocycles. The van der Waals surface area contributed by atoms with Crippen LogP contribution in [0.1, 0.15) is 62.4 Å². The Morgan fingerprint density at radius 1 is 1.15 bits per heavy atom. The molecule has 1 fully saturated rings. The SMILES string of the molecule is Cc1cc(N)ccc1C(=O)C1CCC(C(C)(C)C)CC1. The maximum atomic E-state index is 12.6. The molecule has 0 saturated heterocycles. The molecule has 1 aliphatic rings. The number of hydrogen-bond acceptors (Lipinski definition) is 2. The first-order valence-electron chi connectivity index (χ1n) is 7.69. The van der Waals surface area contributed by atoms with Crippen LogP contribution in [0.5, 0.6) is 0 Å². The first kappa shape index (κ1) is 15.1. The second-order valence-electron chi connectivity index (χ2n) is 7.35. The molecule has 0 radical (unpaired) electrons. The van der Waals surface area contributed by atoms with Crippen LogP contribution in [0.4, 0.5) is 5.69 Å². The lowest BCUT2D eigenvalue weighted by Gasteiger charge is -2.36. The number of ketones is 1. The lowest BCUT2D eigenvalue weighted by Crippen LogP contribution is -2.29. The van der Waals surface area contributed by atoms with Gasteiger partial charge in [0.05, 0.1) is 0 Å². The van der Waals surface area contributed by atoms with Gasteiger partial charge < -0.3 is 5.73 Å². The van der Waals surface area contributed by atoms with E-state index in [2.05, 4.69) is 20.8 Å². The monoisotopic (exact) mass is 273 g/mol. The largest absolute Gasteiger partial charge is 0.399 e. The van der Waals surface area contributed by atoms with Gasteiger partial charge in [-0.05, 0) is 67.7 Å². The predicted molar refractivity (Wildman–Crippen MR) is 84.8 cm³/mol. The van der Waals surface area contributed by atoms with E-state index in [1.165, 1.54) is 12.8 Å². The summed E-state index contributed by atoms with van der Waals surface area (Å²) in [5, 5.41) is 0. The van der Waals surface area contributed by atoms with Gasteiger partial charge in [-0.1, -0.05) is 20.8 Å². The number of anilines is 1. The number of carbonyl (C=O) groups is 1. The quantitative estimate of drug-likeness (QED) is 0.631. The van der Waals surface area contributed by atoms with Crippen LogP contribution < -0.4 is 5.73 Å². The molecule has 2 rings (SSSR count). The van der Waals surface area contributed by atoms with Gasteiger partial charge in [0.2, 0.25) is 0 Å². The lowest BCUT2D eigenvalue weighted by atomic mass is 9.68. The molecular weight excluding hydrogens is 246 g/mol. The zero-order valence-electron chi connectivity index (χ0n) is 13.2. The second kappa shape index (κ2) is 5.59. The van der Waals surface area contributed by atoms with Crippen molar-refractivity contribution in [2.75, 3.05) is 5.73 Å². The minimum Gasteiger partial charge on any atom is -0.399 e. The summed E-state index contributed by atoms with van der Waals surface area (Å²) in [6.07, 6.45) is 4.41. The summed E-state index contributed by atoms with van der Waals surface area (Å²) in [7, 11) is 0. The fraction of sp³-hybridized carbons (Fsp3) is 0.611. The van der Waals surface area contributed by atoms with E-state index in [1.807, 2.05) is 25.1 Å². The molecule has 0 bridgehead atoms. The smallest absolute Gasteiger partial charge is 0.166 e. The number of nitrogens with two attached hydrogens (primary N) is 1. The molecule has 2 N–H and O–H groups in total. The van der Waals surface area contributed by atoms with E-state index in [0.29, 0.717) is 11.2 Å². The Labute approximate surface area is 122 Å². The molecule has 1 aliphatic carbocycles. The molecule has 0 atom stereocenters. The van der Waals surface area contributed by atoms with Crippen molar-refractivity contribution in [1.82, 2.24) is 0 Å². The van der Waals surface area contributed by atoms with Crippen LogP contribution >= 0.6 is 0 Å². The fourth-order valence-electron chi connectivity index (χ4n) is 3.40. The van der Waals surface area contributed by atoms with Gasteiger partial charge in [-0.15, -0.1) is 0 Å². The van der Waals surface area contributed by atoms with Gasteiger partial charge >= 0.3 is 0 Å². The maximum Gasteiger partial charge on any atom is 0.166 e. The van der Waals surface area contributed by atoms with Crippen LogP contribution in [0.25, 0.3) is 0 Å². The van der Waals surface area contributed by atoms with Gasteiger partial charge in [0.25, 0.3) is 0 Å². The highest BCUT2D eigenvalue weighted by molar-refractivity contribution is 5.99. The summed E-state index contributed by atoms with van der Waals surface area (Å²) in [6.45, 7) is 8.90. The molecule has 1 aromatic carbocycles. The maximum absolute atomic E-state index is 12.6. The predicted octanol–water partition coefficient (Wildman–Crippen LogP) is 4.61. The number of benzene rings is 1. The van der Waals surface area contributed by atoms with Crippen LogP contribution in [0.3, 0.4) is 0 Å². The van der Waals surface area contributed by atoms with Crippen molar-refractivity contribution in [2.24, 2.45) is 17.3 Å². The number of rotatable bonds is 2. The normalized spacial score (nSPS) is 23.6. The van der Waals surface area contributed by atoms with Gasteiger partial charge in [0, 0.05) is 17.2 Å². The number of nitrogen functional groups attached to an aromatic ring is 1. The highest BCUT2D eigenvalue weighted by atomic mass is 16.1. The van der Waals surface area contributed by atoms with Crippen molar-refractivity contribution < 1.29 is 4.79 Å². The van der Waals surface area contributed by atoms with E-state index in [9.17, 15) is 4.79 Å². The topological polar surface area (TPSA) is 43.1 Å². The highest BCUT2D eigenvalue weighted by Crippen LogP contribution is 2.40. The molecule has 0 unspecified atom stereocenters. The van der Waals surface area contributed by atoms with Crippen LogP contribution in [0.2, 0.25) is 0 Å². The molecule has 0 spiro atoms. The standard InChI is InChI=1S/C18H27NO/c1-12-11-15(19)9-10-16(12)17(20)13-5-7-14(8-6-13)18(2,3)4/h9-11,13-14H,5-8,19H2,1-4H3. The molecule has 0 aliphatic heterocycles. The molecule has 110 valence electrons. The number of carbonyl (C=O) groups excluding carboxylic acids is 1. The molecule has 1 aromatic rings. The summed E-state index contributed by atoms with van der Waals surface area (Å²) in [4.78, 5) is 12.6. The minimum absolute atomic E-state index is 0.205. The van der Waals surface area contributed by atoms with E-state index >= 15 is 0 Å². The first-order valence-corrected chi connectivity index (χ1v) is 7.69. The molecule has 20 heavy (non-hydrogen) atoms. The third-order valence-corrected chi connectivity index (χ3v) is 4.84. The Kier molecular flexibility index (Phi) is 4.22. The molecule has 0 heterocycles. The Bertz CT molecular complexity index is 491. The average Bonchev–Trinajstić information content (AvgIpc) is 2.37. The molecular formula is C18H27NO. The van der Waals surface area contributed by atoms with E-state index in [0.717, 1.165) is 35.6 Å². The van der Waals surface area contributed by atoms with Crippen molar-refractivity contribution in [3.63, 3.8) is 0 Å². The van der Waals surface area contributed by atoms with Crippen LogP contribution in [0, 0.1) is 24.2 Å². The lowest BCUT2D eigenvalue weighted by molar-refractivity contribution is 0.0819. The Balaban J connectivity index is 2.05. The van der Waals surface area contributed by atoms with Crippen molar-refractivity contribution >= 4 is 11.5 Å². The Morgan fingerprint density at radius 3 is 2.25 bits per heavy atom. The summed E-state index contributed by atoms with van der Waals surface area (Å²) >= 11 is 0. The first-order chi connectivity index (χ1) is 9.29. The Morgan fingerprint density at radius 2 is 1.75 bits per heavy atom. The summed E-state index contributed by atoms with van der Waals surface area (Å²) in [5.74, 6) is 1.27. The molecule has 1 saturated carbocycles. The summed E-state index contributed by atoms with van der Waals surface area (Å²) in [5.41, 5.74) is 8.73. The van der Waals surface area contributed by atoms with Crippen molar-refractivity contribution in [3.8, 4) is 0 Å². The van der Waals surface area contributed by atoms with E-state index < -0.39 is 0 Å². The Hall–Kier alpha value is -1.31.